The molecule has 4 nitrogen and oxygen atoms in total. The molecule has 0 aliphatic rings. The first-order chi connectivity index (χ1) is 9.46. The molecule has 0 aromatic heterocycles. The van der Waals surface area contributed by atoms with E-state index in [0.29, 0.717) is 6.54 Å². The number of nitrogens with two attached hydrogens (primary N) is 1. The maximum absolute atomic E-state index is 12.7. The van der Waals surface area contributed by atoms with Crippen molar-refractivity contribution in [3.8, 4) is 5.75 Å². The molecule has 0 saturated carbocycles. The molecule has 0 atom stereocenters. The van der Waals surface area contributed by atoms with Crippen molar-refractivity contribution in [1.82, 2.24) is 4.90 Å². The van der Waals surface area contributed by atoms with Gasteiger partial charge in [-0.2, -0.15) is 13.2 Å². The van der Waals surface area contributed by atoms with Crippen LogP contribution in [0.15, 0.2) is 18.2 Å². The fraction of sp³-hybridized carbons (Fsp3) is 0.500. The van der Waals surface area contributed by atoms with Crippen LogP contribution in [0, 0.1) is 0 Å². The second kappa shape index (κ2) is 5.83. The zero-order valence-corrected chi connectivity index (χ0v) is 12.4. The summed E-state index contributed by atoms with van der Waals surface area (Å²) in [5, 5.41) is 0. The minimum absolute atomic E-state index is 0.191. The smallest absolute Gasteiger partial charge is 0.410 e. The Kier molecular flexibility index (Phi) is 4.76. The number of ether oxygens (including phenoxy) is 1. The number of alkyl halides is 3. The Balaban J connectivity index is 3.01. The number of halogens is 3. The Labute approximate surface area is 121 Å². The van der Waals surface area contributed by atoms with Crippen LogP contribution < -0.4 is 10.5 Å². The van der Waals surface area contributed by atoms with Gasteiger partial charge in [0.05, 0.1) is 5.56 Å². The summed E-state index contributed by atoms with van der Waals surface area (Å²) >= 11 is 0. The van der Waals surface area contributed by atoms with Crippen molar-refractivity contribution < 1.29 is 22.7 Å². The van der Waals surface area contributed by atoms with Crippen LogP contribution in [0.4, 0.5) is 23.7 Å². The molecule has 1 rings (SSSR count). The highest BCUT2D eigenvalue weighted by molar-refractivity contribution is 5.72. The Bertz CT molecular complexity index is 522. The van der Waals surface area contributed by atoms with Crippen LogP contribution in [0.25, 0.3) is 0 Å². The number of carbonyl (C=O) groups is 1. The number of nitrogen functional groups attached to an aromatic ring is 1. The molecule has 0 heterocycles. The van der Waals surface area contributed by atoms with E-state index in [1.54, 1.807) is 6.92 Å². The summed E-state index contributed by atoms with van der Waals surface area (Å²) in [6.07, 6.45) is -5.30. The molecule has 0 unspecified atom stereocenters. The Morgan fingerprint density at radius 3 is 2.29 bits per heavy atom. The van der Waals surface area contributed by atoms with Gasteiger partial charge in [0, 0.05) is 17.8 Å². The van der Waals surface area contributed by atoms with Gasteiger partial charge in [-0.3, -0.25) is 0 Å². The lowest BCUT2D eigenvalue weighted by Crippen LogP contribution is -2.46. The summed E-state index contributed by atoms with van der Waals surface area (Å²) in [4.78, 5) is 13.4. The summed E-state index contributed by atoms with van der Waals surface area (Å²) < 4.78 is 43.3. The molecule has 2 N–H and O–H groups in total. The predicted octanol–water partition coefficient (Wildman–Crippen LogP) is 3.91. The van der Waals surface area contributed by atoms with Crippen molar-refractivity contribution in [1.29, 1.82) is 0 Å². The molecule has 7 heteroatoms. The fourth-order valence-electron chi connectivity index (χ4n) is 1.88. The second-order valence-electron chi connectivity index (χ2n) is 5.53. The van der Waals surface area contributed by atoms with Gasteiger partial charge in [0.15, 0.2) is 0 Å². The molecule has 0 aliphatic heterocycles. The molecule has 1 aromatic carbocycles. The lowest BCUT2D eigenvalue weighted by molar-refractivity contribution is -0.137. The van der Waals surface area contributed by atoms with Gasteiger partial charge in [0.1, 0.15) is 5.75 Å². The van der Waals surface area contributed by atoms with Crippen LogP contribution in [0.1, 0.15) is 33.3 Å². The second-order valence-corrected chi connectivity index (χ2v) is 5.53. The van der Waals surface area contributed by atoms with Crippen molar-refractivity contribution in [3.05, 3.63) is 23.8 Å². The van der Waals surface area contributed by atoms with Crippen LogP contribution in [0.3, 0.4) is 0 Å². The number of amides is 1. The van der Waals surface area contributed by atoms with Crippen molar-refractivity contribution in [2.45, 2.75) is 39.4 Å². The summed E-state index contributed by atoms with van der Waals surface area (Å²) in [6.45, 7) is 7.56. The van der Waals surface area contributed by atoms with E-state index in [1.165, 1.54) is 11.0 Å². The first kappa shape index (κ1) is 17.1. The number of nitrogens with zero attached hydrogens (tertiary/aromatic N) is 1. The van der Waals surface area contributed by atoms with Gasteiger partial charge in [-0.15, -0.1) is 0 Å². The molecular weight excluding hydrogens is 285 g/mol. The highest BCUT2D eigenvalue weighted by Crippen LogP contribution is 2.35. The highest BCUT2D eigenvalue weighted by Gasteiger charge is 2.34. The molecule has 1 aromatic rings. The molecular formula is C14H19F3N2O2. The first-order valence-corrected chi connectivity index (χ1v) is 6.43. The molecule has 0 bridgehead atoms. The maximum atomic E-state index is 12.7. The normalized spacial score (nSPS) is 12.1. The number of hydrogen-bond acceptors (Lipinski definition) is 3. The fourth-order valence-corrected chi connectivity index (χ4v) is 1.88. The third-order valence-electron chi connectivity index (χ3n) is 2.88. The highest BCUT2D eigenvalue weighted by atomic mass is 19.4. The molecule has 0 radical (unpaired) electrons. The van der Waals surface area contributed by atoms with Crippen molar-refractivity contribution in [2.75, 3.05) is 12.3 Å². The number of anilines is 1. The predicted molar refractivity (Wildman–Crippen MR) is 74.0 cm³/mol. The number of rotatable bonds is 2. The van der Waals surface area contributed by atoms with Crippen LogP contribution in [-0.4, -0.2) is 23.1 Å². The van der Waals surface area contributed by atoms with Gasteiger partial charge in [0.25, 0.3) is 0 Å². The van der Waals surface area contributed by atoms with Crippen LogP contribution in [0.5, 0.6) is 5.75 Å². The zero-order valence-electron chi connectivity index (χ0n) is 12.4. The van der Waals surface area contributed by atoms with Crippen LogP contribution in [-0.2, 0) is 6.18 Å². The topological polar surface area (TPSA) is 55.6 Å². The van der Waals surface area contributed by atoms with Gasteiger partial charge in [-0.1, -0.05) is 0 Å². The Morgan fingerprint density at radius 2 is 1.86 bits per heavy atom. The number of carbonyl (C=O) groups excluding carboxylic acids is 1. The molecule has 0 spiro atoms. The molecule has 21 heavy (non-hydrogen) atoms. The third kappa shape index (κ3) is 4.27. The zero-order chi connectivity index (χ0) is 16.4. The molecule has 0 saturated heterocycles. The molecule has 0 fully saturated rings. The monoisotopic (exact) mass is 304 g/mol. The summed E-state index contributed by atoms with van der Waals surface area (Å²) in [7, 11) is 0. The molecule has 118 valence electrons. The standard InChI is InChI=1S/C14H19F3N2O2/c1-5-19(13(2,3)4)12(20)21-9-6-7-11(18)10(8-9)14(15,16)17/h6-8H,5,18H2,1-4H3. The van der Waals surface area contributed by atoms with Gasteiger partial charge < -0.3 is 15.4 Å². The summed E-state index contributed by atoms with van der Waals surface area (Å²) in [6, 6.07) is 3.03. The minimum atomic E-state index is -4.60. The van der Waals surface area contributed by atoms with E-state index < -0.39 is 29.1 Å². The lowest BCUT2D eigenvalue weighted by Gasteiger charge is -2.33. The molecule has 0 aliphatic carbocycles. The number of hydrogen-bond donors (Lipinski definition) is 1. The average molecular weight is 304 g/mol. The van der Waals surface area contributed by atoms with E-state index in [1.807, 2.05) is 20.8 Å². The summed E-state index contributed by atoms with van der Waals surface area (Å²) in [5.41, 5.74) is 3.36. The van der Waals surface area contributed by atoms with E-state index in [9.17, 15) is 18.0 Å². The largest absolute Gasteiger partial charge is 0.418 e. The minimum Gasteiger partial charge on any atom is -0.410 e. The van der Waals surface area contributed by atoms with Gasteiger partial charge in [-0.05, 0) is 45.9 Å². The third-order valence-corrected chi connectivity index (χ3v) is 2.88. The number of benzene rings is 1. The maximum Gasteiger partial charge on any atom is 0.418 e. The van der Waals surface area contributed by atoms with E-state index in [-0.39, 0.29) is 5.75 Å². The van der Waals surface area contributed by atoms with E-state index >= 15 is 0 Å². The van der Waals surface area contributed by atoms with Crippen molar-refractivity contribution in [2.24, 2.45) is 0 Å². The quantitative estimate of drug-likeness (QED) is 0.843. The Hall–Kier alpha value is -1.92. The van der Waals surface area contributed by atoms with Crippen molar-refractivity contribution in [3.63, 3.8) is 0 Å². The first-order valence-electron chi connectivity index (χ1n) is 6.43. The van der Waals surface area contributed by atoms with E-state index in [0.717, 1.165) is 12.1 Å². The lowest BCUT2D eigenvalue weighted by atomic mass is 10.1. The van der Waals surface area contributed by atoms with Gasteiger partial charge >= 0.3 is 12.3 Å². The van der Waals surface area contributed by atoms with Gasteiger partial charge in [0.2, 0.25) is 0 Å². The average Bonchev–Trinajstić information content (AvgIpc) is 2.29. The van der Waals surface area contributed by atoms with Crippen LogP contribution in [0.2, 0.25) is 0 Å². The van der Waals surface area contributed by atoms with Crippen molar-refractivity contribution >= 4 is 11.8 Å². The SMILES string of the molecule is CCN(C(=O)Oc1ccc(N)c(C(F)(F)F)c1)C(C)(C)C. The van der Waals surface area contributed by atoms with E-state index in [4.69, 9.17) is 10.5 Å². The Morgan fingerprint density at radius 1 is 1.29 bits per heavy atom. The van der Waals surface area contributed by atoms with E-state index in [2.05, 4.69) is 0 Å². The van der Waals surface area contributed by atoms with Gasteiger partial charge in [-0.25, -0.2) is 4.79 Å². The summed E-state index contributed by atoms with van der Waals surface area (Å²) in [5.74, 6) is -0.191. The molecule has 1 amide bonds. The van der Waals surface area contributed by atoms with Crippen LogP contribution >= 0.6 is 0 Å².